The number of hydrogen-bond donors (Lipinski definition) is 1. The second-order valence-electron chi connectivity index (χ2n) is 3.95. The number of anilines is 1. The Labute approximate surface area is 89.7 Å². The Balaban J connectivity index is 1.84. The van der Waals surface area contributed by atoms with Gasteiger partial charge in [0.1, 0.15) is 5.82 Å². The molecule has 1 unspecified atom stereocenters. The molecular weight excluding hydrogens is 196 g/mol. The van der Waals surface area contributed by atoms with E-state index < -0.39 is 0 Å². The number of hydrogen-bond acceptors (Lipinski definition) is 2. The van der Waals surface area contributed by atoms with Crippen LogP contribution < -0.4 is 5.32 Å². The van der Waals surface area contributed by atoms with E-state index in [2.05, 4.69) is 17.2 Å². The molecule has 1 aromatic heterocycles. The van der Waals surface area contributed by atoms with Crippen molar-refractivity contribution in [2.24, 2.45) is 5.92 Å². The maximum absolute atomic E-state index is 6.18. The fourth-order valence-electron chi connectivity index (χ4n) is 1.46. The molecule has 0 radical (unpaired) electrons. The number of alkyl halides is 1. The molecule has 0 aliphatic heterocycles. The molecule has 1 aliphatic carbocycles. The number of halogens is 1. The topological polar surface area (TPSA) is 24.9 Å². The van der Waals surface area contributed by atoms with E-state index in [1.165, 1.54) is 18.4 Å². The maximum atomic E-state index is 6.18. The molecule has 14 heavy (non-hydrogen) atoms. The average Bonchev–Trinajstić information content (AvgIpc) is 2.97. The summed E-state index contributed by atoms with van der Waals surface area (Å²) in [5.41, 5.74) is 1.22. The summed E-state index contributed by atoms with van der Waals surface area (Å²) in [6, 6.07) is 4.03. The molecule has 0 saturated heterocycles. The van der Waals surface area contributed by atoms with Crippen LogP contribution in [0.3, 0.4) is 0 Å². The molecule has 1 aliphatic rings. The summed E-state index contributed by atoms with van der Waals surface area (Å²) in [7, 11) is 0. The van der Waals surface area contributed by atoms with Crippen LogP contribution in [0.25, 0.3) is 0 Å². The Hall–Kier alpha value is -0.760. The van der Waals surface area contributed by atoms with Crippen LogP contribution >= 0.6 is 11.6 Å². The predicted molar refractivity (Wildman–Crippen MR) is 59.8 cm³/mol. The normalized spacial score (nSPS) is 17.9. The van der Waals surface area contributed by atoms with Crippen molar-refractivity contribution in [3.8, 4) is 0 Å². The van der Waals surface area contributed by atoms with Crippen LogP contribution in [0.2, 0.25) is 0 Å². The third kappa shape index (κ3) is 2.61. The zero-order valence-corrected chi connectivity index (χ0v) is 9.09. The lowest BCUT2D eigenvalue weighted by atomic mass is 10.2. The lowest BCUT2D eigenvalue weighted by Crippen LogP contribution is -2.16. The second-order valence-corrected chi connectivity index (χ2v) is 4.51. The molecule has 0 spiro atoms. The van der Waals surface area contributed by atoms with Crippen molar-refractivity contribution < 1.29 is 0 Å². The summed E-state index contributed by atoms with van der Waals surface area (Å²) < 4.78 is 0. The minimum atomic E-state index is 0.261. The van der Waals surface area contributed by atoms with Crippen LogP contribution in [0.4, 0.5) is 5.82 Å². The van der Waals surface area contributed by atoms with Gasteiger partial charge in [0.05, 0.1) is 5.38 Å². The van der Waals surface area contributed by atoms with Crippen molar-refractivity contribution in [3.05, 3.63) is 23.9 Å². The van der Waals surface area contributed by atoms with Gasteiger partial charge in [0.2, 0.25) is 0 Å². The molecule has 3 heteroatoms. The second kappa shape index (κ2) is 4.18. The van der Waals surface area contributed by atoms with Gasteiger partial charge in [0.25, 0.3) is 0 Å². The highest BCUT2D eigenvalue weighted by Crippen LogP contribution is 2.35. The standard InChI is InChI=1S/C11H15ClN2/c1-8-4-5-13-11(6-8)14-7-10(12)9-2-3-9/h4-6,9-10H,2-3,7H2,1H3,(H,13,14). The van der Waals surface area contributed by atoms with Crippen LogP contribution in [0, 0.1) is 12.8 Å². The van der Waals surface area contributed by atoms with Crippen LogP contribution in [0.5, 0.6) is 0 Å². The zero-order valence-electron chi connectivity index (χ0n) is 8.33. The molecule has 0 aromatic carbocycles. The minimum absolute atomic E-state index is 0.261. The minimum Gasteiger partial charge on any atom is -0.369 e. The molecule has 1 fully saturated rings. The van der Waals surface area contributed by atoms with Gasteiger partial charge in [-0.3, -0.25) is 0 Å². The number of aryl methyl sites for hydroxylation is 1. The van der Waals surface area contributed by atoms with Crippen LogP contribution in [-0.4, -0.2) is 16.9 Å². The lowest BCUT2D eigenvalue weighted by Gasteiger charge is -2.10. The van der Waals surface area contributed by atoms with E-state index in [0.717, 1.165) is 18.3 Å². The number of rotatable bonds is 4. The van der Waals surface area contributed by atoms with Crippen LogP contribution in [0.15, 0.2) is 18.3 Å². The lowest BCUT2D eigenvalue weighted by molar-refractivity contribution is 0.768. The van der Waals surface area contributed by atoms with Gasteiger partial charge in [-0.2, -0.15) is 0 Å². The molecule has 1 saturated carbocycles. The van der Waals surface area contributed by atoms with E-state index in [1.807, 2.05) is 18.3 Å². The van der Waals surface area contributed by atoms with Crippen LogP contribution in [0.1, 0.15) is 18.4 Å². The number of aromatic nitrogens is 1. The molecule has 1 heterocycles. The number of nitrogens with zero attached hydrogens (tertiary/aromatic N) is 1. The first-order chi connectivity index (χ1) is 6.75. The Morgan fingerprint density at radius 3 is 3.07 bits per heavy atom. The summed E-state index contributed by atoms with van der Waals surface area (Å²) in [4.78, 5) is 4.22. The molecule has 1 aromatic rings. The fraction of sp³-hybridized carbons (Fsp3) is 0.545. The van der Waals surface area contributed by atoms with E-state index in [9.17, 15) is 0 Å². The molecule has 2 rings (SSSR count). The highest BCUT2D eigenvalue weighted by molar-refractivity contribution is 6.21. The van der Waals surface area contributed by atoms with Crippen molar-refractivity contribution in [2.75, 3.05) is 11.9 Å². The van der Waals surface area contributed by atoms with E-state index in [1.54, 1.807) is 0 Å². The van der Waals surface area contributed by atoms with Gasteiger partial charge in [-0.25, -0.2) is 4.98 Å². The summed E-state index contributed by atoms with van der Waals surface area (Å²) >= 11 is 6.18. The number of pyridine rings is 1. The first-order valence-corrected chi connectivity index (χ1v) is 5.50. The monoisotopic (exact) mass is 210 g/mol. The zero-order chi connectivity index (χ0) is 9.97. The third-order valence-electron chi connectivity index (χ3n) is 2.53. The Morgan fingerprint density at radius 1 is 1.64 bits per heavy atom. The molecule has 76 valence electrons. The van der Waals surface area contributed by atoms with Gasteiger partial charge in [-0.1, -0.05) is 0 Å². The van der Waals surface area contributed by atoms with Gasteiger partial charge in [0.15, 0.2) is 0 Å². The molecule has 1 N–H and O–H groups in total. The SMILES string of the molecule is Cc1ccnc(NCC(Cl)C2CC2)c1. The largest absolute Gasteiger partial charge is 0.369 e. The Morgan fingerprint density at radius 2 is 2.43 bits per heavy atom. The molecule has 2 nitrogen and oxygen atoms in total. The van der Waals surface area contributed by atoms with Crippen molar-refractivity contribution in [1.82, 2.24) is 4.98 Å². The maximum Gasteiger partial charge on any atom is 0.126 e. The van der Waals surface area contributed by atoms with E-state index in [4.69, 9.17) is 11.6 Å². The van der Waals surface area contributed by atoms with Crippen molar-refractivity contribution in [2.45, 2.75) is 25.1 Å². The highest BCUT2D eigenvalue weighted by atomic mass is 35.5. The van der Waals surface area contributed by atoms with Crippen molar-refractivity contribution in [1.29, 1.82) is 0 Å². The van der Waals surface area contributed by atoms with Crippen molar-refractivity contribution in [3.63, 3.8) is 0 Å². The van der Waals surface area contributed by atoms with Crippen LogP contribution in [-0.2, 0) is 0 Å². The summed E-state index contributed by atoms with van der Waals surface area (Å²) in [5, 5.41) is 3.52. The van der Waals surface area contributed by atoms with Gasteiger partial charge >= 0.3 is 0 Å². The van der Waals surface area contributed by atoms with E-state index in [-0.39, 0.29) is 5.38 Å². The summed E-state index contributed by atoms with van der Waals surface area (Å²) in [6.45, 7) is 2.88. The Kier molecular flexibility index (Phi) is 2.92. The smallest absolute Gasteiger partial charge is 0.126 e. The third-order valence-corrected chi connectivity index (χ3v) is 3.04. The van der Waals surface area contributed by atoms with Crippen molar-refractivity contribution >= 4 is 17.4 Å². The first kappa shape index (κ1) is 9.78. The summed E-state index contributed by atoms with van der Waals surface area (Å²) in [5.74, 6) is 1.66. The first-order valence-electron chi connectivity index (χ1n) is 5.06. The summed E-state index contributed by atoms with van der Waals surface area (Å²) in [6.07, 6.45) is 4.40. The quantitative estimate of drug-likeness (QED) is 0.774. The van der Waals surface area contributed by atoms with Gasteiger partial charge in [-0.15, -0.1) is 11.6 Å². The fourth-order valence-corrected chi connectivity index (χ4v) is 1.79. The molecular formula is C11H15ClN2. The van der Waals surface area contributed by atoms with Gasteiger partial charge in [-0.05, 0) is 43.4 Å². The van der Waals surface area contributed by atoms with Gasteiger partial charge in [0, 0.05) is 12.7 Å². The predicted octanol–water partition coefficient (Wildman–Crippen LogP) is 2.82. The Bertz CT molecular complexity index is 310. The average molecular weight is 211 g/mol. The number of nitrogens with one attached hydrogen (secondary N) is 1. The molecule has 0 amide bonds. The van der Waals surface area contributed by atoms with Gasteiger partial charge < -0.3 is 5.32 Å². The molecule has 1 atom stereocenters. The van der Waals surface area contributed by atoms with E-state index >= 15 is 0 Å². The highest BCUT2D eigenvalue weighted by Gasteiger charge is 2.29. The van der Waals surface area contributed by atoms with E-state index in [0.29, 0.717) is 0 Å². The molecule has 0 bridgehead atoms.